The Bertz CT molecular complexity index is 566. The molecular formula is C15H23N3O. The van der Waals surface area contributed by atoms with Crippen LogP contribution in [0.15, 0.2) is 16.5 Å². The summed E-state index contributed by atoms with van der Waals surface area (Å²) in [5.41, 5.74) is 3.30. The quantitative estimate of drug-likeness (QED) is 0.898. The van der Waals surface area contributed by atoms with Gasteiger partial charge in [-0.05, 0) is 53.7 Å². The average Bonchev–Trinajstić information content (AvgIpc) is 2.87. The third-order valence-corrected chi connectivity index (χ3v) is 3.36. The lowest BCUT2D eigenvalue weighted by molar-refractivity contribution is 0.466. The van der Waals surface area contributed by atoms with Gasteiger partial charge in [0.2, 0.25) is 0 Å². The molecule has 0 radical (unpaired) electrons. The first-order valence-corrected chi connectivity index (χ1v) is 6.78. The van der Waals surface area contributed by atoms with Crippen molar-refractivity contribution in [1.82, 2.24) is 9.78 Å². The van der Waals surface area contributed by atoms with Gasteiger partial charge in [0.15, 0.2) is 0 Å². The second-order valence-corrected chi connectivity index (χ2v) is 5.40. The zero-order valence-electron chi connectivity index (χ0n) is 12.6. The van der Waals surface area contributed by atoms with Gasteiger partial charge in [-0.15, -0.1) is 0 Å². The van der Waals surface area contributed by atoms with Crippen LogP contribution in [0.2, 0.25) is 0 Å². The number of hydrogen-bond donors (Lipinski definition) is 1. The minimum Gasteiger partial charge on any atom is -0.464 e. The van der Waals surface area contributed by atoms with E-state index in [1.54, 1.807) is 0 Å². The van der Waals surface area contributed by atoms with Gasteiger partial charge in [0.25, 0.3) is 0 Å². The molecule has 1 unspecified atom stereocenters. The molecule has 4 nitrogen and oxygen atoms in total. The molecule has 2 aromatic heterocycles. The van der Waals surface area contributed by atoms with Gasteiger partial charge in [0.05, 0.1) is 23.1 Å². The van der Waals surface area contributed by atoms with Crippen LogP contribution in [0.4, 0.5) is 5.69 Å². The van der Waals surface area contributed by atoms with E-state index in [1.165, 1.54) is 5.69 Å². The van der Waals surface area contributed by atoms with Crippen LogP contribution in [0, 0.1) is 20.8 Å². The second-order valence-electron chi connectivity index (χ2n) is 5.40. The van der Waals surface area contributed by atoms with Crippen LogP contribution in [0.3, 0.4) is 0 Å². The van der Waals surface area contributed by atoms with Crippen LogP contribution >= 0.6 is 0 Å². The van der Waals surface area contributed by atoms with Gasteiger partial charge in [-0.3, -0.25) is 4.68 Å². The Balaban J connectivity index is 2.24. The first-order chi connectivity index (χ1) is 8.90. The summed E-state index contributed by atoms with van der Waals surface area (Å²) in [4.78, 5) is 0. The van der Waals surface area contributed by atoms with Gasteiger partial charge in [-0.2, -0.15) is 5.10 Å². The SMILES string of the molecule is Cc1ccc(C(C)Nc2c(C)nn(C(C)C)c2C)o1. The first kappa shape index (κ1) is 13.7. The number of rotatable bonds is 4. The highest BCUT2D eigenvalue weighted by molar-refractivity contribution is 5.53. The van der Waals surface area contributed by atoms with Crippen LogP contribution in [0.5, 0.6) is 0 Å². The second kappa shape index (κ2) is 5.11. The lowest BCUT2D eigenvalue weighted by atomic mass is 10.2. The molecule has 2 rings (SSSR count). The molecule has 1 N–H and O–H groups in total. The molecule has 4 heteroatoms. The highest BCUT2D eigenvalue weighted by Gasteiger charge is 2.17. The van der Waals surface area contributed by atoms with Crippen LogP contribution in [-0.2, 0) is 0 Å². The van der Waals surface area contributed by atoms with Gasteiger partial charge in [-0.1, -0.05) is 0 Å². The van der Waals surface area contributed by atoms with E-state index < -0.39 is 0 Å². The summed E-state index contributed by atoms with van der Waals surface area (Å²) in [7, 11) is 0. The fourth-order valence-corrected chi connectivity index (χ4v) is 2.35. The lowest BCUT2D eigenvalue weighted by Gasteiger charge is -2.14. The summed E-state index contributed by atoms with van der Waals surface area (Å²) in [5.74, 6) is 1.89. The molecule has 0 saturated heterocycles. The maximum atomic E-state index is 5.66. The Kier molecular flexibility index (Phi) is 3.69. The van der Waals surface area contributed by atoms with Gasteiger partial charge >= 0.3 is 0 Å². The summed E-state index contributed by atoms with van der Waals surface area (Å²) in [6, 6.07) is 4.52. The zero-order chi connectivity index (χ0) is 14.2. The van der Waals surface area contributed by atoms with Crippen molar-refractivity contribution in [3.8, 4) is 0 Å². The maximum Gasteiger partial charge on any atom is 0.126 e. The number of nitrogens with one attached hydrogen (secondary N) is 1. The van der Waals surface area contributed by atoms with E-state index >= 15 is 0 Å². The van der Waals surface area contributed by atoms with E-state index in [2.05, 4.69) is 42.8 Å². The monoisotopic (exact) mass is 261 g/mol. The van der Waals surface area contributed by atoms with Crippen molar-refractivity contribution >= 4 is 5.69 Å². The number of aromatic nitrogens is 2. The van der Waals surface area contributed by atoms with Crippen LogP contribution in [-0.4, -0.2) is 9.78 Å². The summed E-state index contributed by atoms with van der Waals surface area (Å²) < 4.78 is 7.72. The van der Waals surface area contributed by atoms with E-state index in [0.29, 0.717) is 6.04 Å². The topological polar surface area (TPSA) is 43.0 Å². The largest absolute Gasteiger partial charge is 0.464 e. The van der Waals surface area contributed by atoms with Crippen molar-refractivity contribution < 1.29 is 4.42 Å². The molecule has 0 saturated carbocycles. The zero-order valence-corrected chi connectivity index (χ0v) is 12.6. The fourth-order valence-electron chi connectivity index (χ4n) is 2.35. The summed E-state index contributed by atoms with van der Waals surface area (Å²) in [5, 5.41) is 8.09. The maximum absolute atomic E-state index is 5.66. The Morgan fingerprint density at radius 1 is 1.16 bits per heavy atom. The highest BCUT2D eigenvalue weighted by Crippen LogP contribution is 2.27. The molecule has 0 aliphatic carbocycles. The Morgan fingerprint density at radius 3 is 2.32 bits per heavy atom. The molecule has 0 aromatic carbocycles. The molecule has 19 heavy (non-hydrogen) atoms. The van der Waals surface area contributed by atoms with Crippen molar-refractivity contribution in [3.05, 3.63) is 35.0 Å². The first-order valence-electron chi connectivity index (χ1n) is 6.78. The smallest absolute Gasteiger partial charge is 0.126 e. The molecule has 0 spiro atoms. The number of furan rings is 1. The lowest BCUT2D eigenvalue weighted by Crippen LogP contribution is -2.08. The van der Waals surface area contributed by atoms with Gasteiger partial charge < -0.3 is 9.73 Å². The van der Waals surface area contributed by atoms with Crippen molar-refractivity contribution in [3.63, 3.8) is 0 Å². The fraction of sp³-hybridized carbons (Fsp3) is 0.533. The van der Waals surface area contributed by atoms with E-state index in [4.69, 9.17) is 4.42 Å². The van der Waals surface area contributed by atoms with Crippen LogP contribution in [0.1, 0.15) is 55.8 Å². The van der Waals surface area contributed by atoms with Crippen molar-refractivity contribution in [2.75, 3.05) is 5.32 Å². The molecule has 0 fully saturated rings. The molecule has 2 heterocycles. The molecule has 0 bridgehead atoms. The number of anilines is 1. The molecule has 0 aliphatic heterocycles. The Labute approximate surface area is 114 Å². The van der Waals surface area contributed by atoms with Crippen molar-refractivity contribution in [1.29, 1.82) is 0 Å². The predicted molar refractivity (Wildman–Crippen MR) is 77.6 cm³/mol. The summed E-state index contributed by atoms with van der Waals surface area (Å²) >= 11 is 0. The standard InChI is InChI=1S/C15H23N3O/c1-9(2)18-13(6)15(12(5)17-18)16-11(4)14-8-7-10(3)19-14/h7-9,11,16H,1-6H3. The molecule has 2 aromatic rings. The number of hydrogen-bond acceptors (Lipinski definition) is 3. The molecule has 0 amide bonds. The van der Waals surface area contributed by atoms with E-state index in [1.807, 2.05) is 26.0 Å². The van der Waals surface area contributed by atoms with Crippen molar-refractivity contribution in [2.24, 2.45) is 0 Å². The van der Waals surface area contributed by atoms with Crippen LogP contribution < -0.4 is 5.32 Å². The van der Waals surface area contributed by atoms with Gasteiger partial charge in [0, 0.05) is 6.04 Å². The highest BCUT2D eigenvalue weighted by atomic mass is 16.3. The average molecular weight is 261 g/mol. The van der Waals surface area contributed by atoms with Crippen LogP contribution in [0.25, 0.3) is 0 Å². The molecule has 104 valence electrons. The summed E-state index contributed by atoms with van der Waals surface area (Å²) in [6.07, 6.45) is 0. The Morgan fingerprint density at radius 2 is 1.84 bits per heavy atom. The van der Waals surface area contributed by atoms with E-state index in [-0.39, 0.29) is 6.04 Å². The minimum absolute atomic E-state index is 0.135. The van der Waals surface area contributed by atoms with Gasteiger partial charge in [-0.25, -0.2) is 0 Å². The molecule has 0 aliphatic rings. The normalized spacial score (nSPS) is 13.0. The molecular weight excluding hydrogens is 238 g/mol. The number of nitrogens with zero attached hydrogens (tertiary/aromatic N) is 2. The number of aryl methyl sites for hydroxylation is 2. The molecule has 1 atom stereocenters. The van der Waals surface area contributed by atoms with E-state index in [0.717, 1.165) is 22.9 Å². The third kappa shape index (κ3) is 2.67. The van der Waals surface area contributed by atoms with E-state index in [9.17, 15) is 0 Å². The summed E-state index contributed by atoms with van der Waals surface area (Å²) in [6.45, 7) is 12.5. The van der Waals surface area contributed by atoms with Gasteiger partial charge in [0.1, 0.15) is 11.5 Å². The minimum atomic E-state index is 0.135. The van der Waals surface area contributed by atoms with Crippen molar-refractivity contribution in [2.45, 2.75) is 53.6 Å². The predicted octanol–water partition coefficient (Wildman–Crippen LogP) is 4.16. The third-order valence-electron chi connectivity index (χ3n) is 3.36. The Hall–Kier alpha value is -1.71.